The van der Waals surface area contributed by atoms with Crippen LogP contribution in [0.4, 0.5) is 0 Å². The highest BCUT2D eigenvalue weighted by Crippen LogP contribution is 2.33. The summed E-state index contributed by atoms with van der Waals surface area (Å²) >= 11 is 0. The second-order valence-corrected chi connectivity index (χ2v) is 6.02. The van der Waals surface area contributed by atoms with Gasteiger partial charge < -0.3 is 16.3 Å². The molecule has 0 aromatic rings. The second kappa shape index (κ2) is 7.50. The molecule has 1 atom stereocenters. The molecular weight excluding hydrogens is 254 g/mol. The fourth-order valence-corrected chi connectivity index (χ4v) is 3.08. The predicted octanol–water partition coefficient (Wildman–Crippen LogP) is 2.62. The predicted molar refractivity (Wildman–Crippen MR) is 80.6 cm³/mol. The van der Waals surface area contributed by atoms with Crippen molar-refractivity contribution in [1.29, 1.82) is 0 Å². The number of amidine groups is 1. The molecule has 1 aliphatic carbocycles. The largest absolute Gasteiger partial charge is 0.409 e. The summed E-state index contributed by atoms with van der Waals surface area (Å²) in [5.74, 6) is 0.530. The lowest BCUT2D eigenvalue weighted by molar-refractivity contribution is -0.129. The molecule has 5 nitrogen and oxygen atoms in total. The summed E-state index contributed by atoms with van der Waals surface area (Å²) in [6, 6.07) is 0.163. The van der Waals surface area contributed by atoms with E-state index in [0.29, 0.717) is 18.8 Å². The van der Waals surface area contributed by atoms with Crippen LogP contribution in [0.15, 0.2) is 5.16 Å². The number of oxime groups is 1. The van der Waals surface area contributed by atoms with Crippen molar-refractivity contribution < 1.29 is 10.0 Å². The molecule has 1 unspecified atom stereocenters. The van der Waals surface area contributed by atoms with E-state index >= 15 is 0 Å². The van der Waals surface area contributed by atoms with Gasteiger partial charge in [-0.3, -0.25) is 4.79 Å². The summed E-state index contributed by atoms with van der Waals surface area (Å²) < 4.78 is 0. The van der Waals surface area contributed by atoms with Gasteiger partial charge in [0.15, 0.2) is 5.84 Å². The SMILES string of the molecule is CCCC(CCC)(C(=O)NC(C)C1CCC1)C(N)=NO. The van der Waals surface area contributed by atoms with Crippen molar-refractivity contribution in [1.82, 2.24) is 5.32 Å². The Labute approximate surface area is 122 Å². The molecule has 0 aromatic heterocycles. The van der Waals surface area contributed by atoms with Crippen molar-refractivity contribution in [2.24, 2.45) is 22.2 Å². The first kappa shape index (κ1) is 16.8. The molecule has 0 bridgehead atoms. The second-order valence-electron chi connectivity index (χ2n) is 6.02. The molecule has 5 heteroatoms. The van der Waals surface area contributed by atoms with Crippen LogP contribution >= 0.6 is 0 Å². The van der Waals surface area contributed by atoms with Crippen molar-refractivity contribution in [3.05, 3.63) is 0 Å². The fourth-order valence-electron chi connectivity index (χ4n) is 3.08. The van der Waals surface area contributed by atoms with Gasteiger partial charge in [-0.2, -0.15) is 0 Å². The summed E-state index contributed by atoms with van der Waals surface area (Å²) in [5, 5.41) is 15.3. The molecule has 1 amide bonds. The van der Waals surface area contributed by atoms with Crippen LogP contribution in [-0.4, -0.2) is 23.0 Å². The number of nitrogens with zero attached hydrogens (tertiary/aromatic N) is 1. The van der Waals surface area contributed by atoms with E-state index in [9.17, 15) is 4.79 Å². The molecule has 0 aliphatic heterocycles. The van der Waals surface area contributed by atoms with E-state index in [1.54, 1.807) is 0 Å². The van der Waals surface area contributed by atoms with Gasteiger partial charge in [0.1, 0.15) is 5.41 Å². The van der Waals surface area contributed by atoms with E-state index in [0.717, 1.165) is 12.8 Å². The molecule has 4 N–H and O–H groups in total. The van der Waals surface area contributed by atoms with E-state index in [-0.39, 0.29) is 17.8 Å². The van der Waals surface area contributed by atoms with Gasteiger partial charge in [0.05, 0.1) is 0 Å². The molecule has 20 heavy (non-hydrogen) atoms. The molecule has 0 radical (unpaired) electrons. The van der Waals surface area contributed by atoms with Crippen LogP contribution in [0, 0.1) is 11.3 Å². The van der Waals surface area contributed by atoms with E-state index in [1.807, 2.05) is 13.8 Å². The van der Waals surface area contributed by atoms with Gasteiger partial charge in [-0.1, -0.05) is 38.3 Å². The standard InChI is InChI=1S/C15H29N3O2/c1-4-9-15(10-5-2,13(16)18-20)14(19)17-11(3)12-7-6-8-12/h11-12,20H,4-10H2,1-3H3,(H2,16,18)(H,17,19). The number of carbonyl (C=O) groups is 1. The van der Waals surface area contributed by atoms with Crippen LogP contribution < -0.4 is 11.1 Å². The summed E-state index contributed by atoms with van der Waals surface area (Å²) in [5.41, 5.74) is 5.00. The zero-order valence-corrected chi connectivity index (χ0v) is 13.0. The maximum absolute atomic E-state index is 12.7. The Kier molecular flexibility index (Phi) is 6.30. The minimum Gasteiger partial charge on any atom is -0.409 e. The van der Waals surface area contributed by atoms with Crippen molar-refractivity contribution in [2.45, 2.75) is 71.8 Å². The number of nitrogens with two attached hydrogens (primary N) is 1. The van der Waals surface area contributed by atoms with E-state index in [2.05, 4.69) is 17.4 Å². The average molecular weight is 283 g/mol. The third-order valence-electron chi connectivity index (χ3n) is 4.60. The van der Waals surface area contributed by atoms with Crippen molar-refractivity contribution in [3.8, 4) is 0 Å². The van der Waals surface area contributed by atoms with Gasteiger partial charge in [0.2, 0.25) is 5.91 Å². The topological polar surface area (TPSA) is 87.7 Å². The van der Waals surface area contributed by atoms with Gasteiger partial charge in [0, 0.05) is 6.04 Å². The Hall–Kier alpha value is -1.26. The summed E-state index contributed by atoms with van der Waals surface area (Å²) in [7, 11) is 0. The van der Waals surface area contributed by atoms with Crippen molar-refractivity contribution >= 4 is 11.7 Å². The number of hydrogen-bond donors (Lipinski definition) is 3. The van der Waals surface area contributed by atoms with Gasteiger partial charge >= 0.3 is 0 Å². The van der Waals surface area contributed by atoms with Crippen LogP contribution in [0.25, 0.3) is 0 Å². The lowest BCUT2D eigenvalue weighted by atomic mass is 9.75. The van der Waals surface area contributed by atoms with E-state index < -0.39 is 5.41 Å². The molecule has 1 aliphatic rings. The highest BCUT2D eigenvalue weighted by atomic mass is 16.4. The van der Waals surface area contributed by atoms with Gasteiger partial charge in [0.25, 0.3) is 0 Å². The fraction of sp³-hybridized carbons (Fsp3) is 0.867. The van der Waals surface area contributed by atoms with Crippen LogP contribution in [0.2, 0.25) is 0 Å². The number of nitrogens with one attached hydrogen (secondary N) is 1. The molecule has 0 saturated heterocycles. The highest BCUT2D eigenvalue weighted by molar-refractivity contribution is 6.06. The van der Waals surface area contributed by atoms with Crippen LogP contribution in [-0.2, 0) is 4.79 Å². The molecule has 1 fully saturated rings. The number of carbonyl (C=O) groups excluding carboxylic acids is 1. The Bertz CT molecular complexity index is 345. The molecule has 1 saturated carbocycles. The van der Waals surface area contributed by atoms with Crippen LogP contribution in [0.1, 0.15) is 65.7 Å². The lowest BCUT2D eigenvalue weighted by Crippen LogP contribution is -2.53. The maximum Gasteiger partial charge on any atom is 0.234 e. The van der Waals surface area contributed by atoms with E-state index in [1.165, 1.54) is 19.3 Å². The Morgan fingerprint density at radius 1 is 1.40 bits per heavy atom. The minimum atomic E-state index is -0.865. The summed E-state index contributed by atoms with van der Waals surface area (Å²) in [6.45, 7) is 6.08. The Morgan fingerprint density at radius 2 is 1.95 bits per heavy atom. The van der Waals surface area contributed by atoms with Gasteiger partial charge in [-0.25, -0.2) is 0 Å². The zero-order chi connectivity index (χ0) is 15.2. The molecule has 0 heterocycles. The first-order chi connectivity index (χ1) is 9.51. The minimum absolute atomic E-state index is 0.0412. The Balaban J connectivity index is 2.86. The maximum atomic E-state index is 12.7. The summed E-state index contributed by atoms with van der Waals surface area (Å²) in [4.78, 5) is 12.7. The monoisotopic (exact) mass is 283 g/mol. The van der Waals surface area contributed by atoms with Gasteiger partial charge in [-0.15, -0.1) is 0 Å². The molecule has 116 valence electrons. The first-order valence-electron chi connectivity index (χ1n) is 7.80. The quantitative estimate of drug-likeness (QED) is 0.277. The van der Waals surface area contributed by atoms with Crippen LogP contribution in [0.5, 0.6) is 0 Å². The normalized spacial score (nSPS) is 18.4. The Morgan fingerprint density at radius 3 is 2.30 bits per heavy atom. The number of rotatable bonds is 8. The smallest absolute Gasteiger partial charge is 0.234 e. The first-order valence-corrected chi connectivity index (χ1v) is 7.80. The average Bonchev–Trinajstić information content (AvgIpc) is 2.34. The van der Waals surface area contributed by atoms with Crippen LogP contribution in [0.3, 0.4) is 0 Å². The molecular formula is C15H29N3O2. The third kappa shape index (κ3) is 3.44. The molecule has 0 aromatic carbocycles. The molecule has 1 rings (SSSR count). The van der Waals surface area contributed by atoms with Gasteiger partial charge in [-0.05, 0) is 38.5 Å². The number of amides is 1. The van der Waals surface area contributed by atoms with Crippen molar-refractivity contribution in [2.75, 3.05) is 0 Å². The zero-order valence-electron chi connectivity index (χ0n) is 13.0. The lowest BCUT2D eigenvalue weighted by Gasteiger charge is -2.36. The highest BCUT2D eigenvalue weighted by Gasteiger charge is 2.42. The number of hydrogen-bond acceptors (Lipinski definition) is 3. The molecule has 0 spiro atoms. The van der Waals surface area contributed by atoms with Crippen molar-refractivity contribution in [3.63, 3.8) is 0 Å². The third-order valence-corrected chi connectivity index (χ3v) is 4.60. The summed E-state index contributed by atoms with van der Waals surface area (Å²) in [6.07, 6.45) is 6.47. The van der Waals surface area contributed by atoms with E-state index in [4.69, 9.17) is 10.9 Å².